The quantitative estimate of drug-likeness (QED) is 0.320. The number of hydrogen-bond donors (Lipinski definition) is 0. The van der Waals surface area contributed by atoms with Crippen LogP contribution in [0, 0.1) is 0 Å². The molecule has 28 heavy (non-hydrogen) atoms. The van der Waals surface area contributed by atoms with Crippen molar-refractivity contribution >= 4 is 33.5 Å². The summed E-state index contributed by atoms with van der Waals surface area (Å²) in [5, 5.41) is 2.81. The molecule has 0 bridgehead atoms. The van der Waals surface area contributed by atoms with Gasteiger partial charge in [0.25, 0.3) is 0 Å². The average molecular weight is 389 g/mol. The predicted octanol–water partition coefficient (Wildman–Crippen LogP) is 8.26. The van der Waals surface area contributed by atoms with E-state index in [1.807, 2.05) is 18.2 Å². The van der Waals surface area contributed by atoms with Crippen LogP contribution in [0.25, 0.3) is 33.1 Å². The van der Waals surface area contributed by atoms with Crippen LogP contribution in [0.1, 0.15) is 51.7 Å². The highest BCUT2D eigenvalue weighted by Crippen LogP contribution is 2.47. The summed E-state index contributed by atoms with van der Waals surface area (Å²) < 4.78 is 6.10. The van der Waals surface area contributed by atoms with Gasteiger partial charge in [-0.1, -0.05) is 69.6 Å². The zero-order valence-electron chi connectivity index (χ0n) is 16.9. The molecule has 1 aromatic heterocycles. The van der Waals surface area contributed by atoms with Gasteiger partial charge in [0.2, 0.25) is 0 Å². The van der Waals surface area contributed by atoms with Crippen LogP contribution in [-0.2, 0) is 10.8 Å². The van der Waals surface area contributed by atoms with Crippen molar-refractivity contribution < 1.29 is 4.42 Å². The summed E-state index contributed by atoms with van der Waals surface area (Å²) in [5.41, 5.74) is 7.58. The average Bonchev–Trinajstić information content (AvgIpc) is 3.04. The second-order valence-electron chi connectivity index (χ2n) is 9.45. The first kappa shape index (κ1) is 17.8. The van der Waals surface area contributed by atoms with Crippen LogP contribution in [0.5, 0.6) is 0 Å². The van der Waals surface area contributed by atoms with Gasteiger partial charge in [-0.05, 0) is 70.2 Å². The molecule has 1 aliphatic carbocycles. The first-order valence-electron chi connectivity index (χ1n) is 10.0. The molecule has 1 aliphatic rings. The summed E-state index contributed by atoms with van der Waals surface area (Å²) in [6, 6.07) is 19.3. The predicted molar refractivity (Wildman–Crippen MR) is 119 cm³/mol. The Balaban J connectivity index is 1.68. The summed E-state index contributed by atoms with van der Waals surface area (Å²) in [6.45, 7) is 9.47. The second kappa shape index (κ2) is 5.87. The van der Waals surface area contributed by atoms with Crippen molar-refractivity contribution in [1.29, 1.82) is 0 Å². The molecule has 142 valence electrons. The summed E-state index contributed by atoms with van der Waals surface area (Å²) in [6.07, 6.45) is 2.45. The fourth-order valence-corrected chi connectivity index (χ4v) is 5.00. The number of benzene rings is 3. The van der Waals surface area contributed by atoms with E-state index in [9.17, 15) is 0 Å². The Labute approximate surface area is 171 Å². The van der Waals surface area contributed by atoms with Crippen molar-refractivity contribution in [2.75, 3.05) is 0 Å². The lowest BCUT2D eigenvalue weighted by Gasteiger charge is -2.42. The number of halogens is 1. The zero-order chi connectivity index (χ0) is 19.7. The summed E-state index contributed by atoms with van der Waals surface area (Å²) in [5.74, 6) is 0. The highest BCUT2D eigenvalue weighted by atomic mass is 35.5. The topological polar surface area (TPSA) is 13.1 Å². The van der Waals surface area contributed by atoms with Gasteiger partial charge in [0.15, 0.2) is 0 Å². The molecule has 0 saturated carbocycles. The molecule has 0 fully saturated rings. The minimum atomic E-state index is 0.206. The van der Waals surface area contributed by atoms with Crippen molar-refractivity contribution in [2.24, 2.45) is 0 Å². The lowest BCUT2D eigenvalue weighted by molar-refractivity contribution is 0.332. The van der Waals surface area contributed by atoms with E-state index >= 15 is 0 Å². The molecule has 1 heterocycles. The van der Waals surface area contributed by atoms with Crippen LogP contribution in [0.2, 0.25) is 5.02 Å². The van der Waals surface area contributed by atoms with E-state index < -0.39 is 0 Å². The fraction of sp³-hybridized carbons (Fsp3) is 0.308. The molecule has 0 unspecified atom stereocenters. The van der Waals surface area contributed by atoms with Crippen LogP contribution in [0.15, 0.2) is 59.0 Å². The van der Waals surface area contributed by atoms with Gasteiger partial charge in [-0.3, -0.25) is 0 Å². The highest BCUT2D eigenvalue weighted by molar-refractivity contribution is 6.37. The Bertz CT molecular complexity index is 1230. The van der Waals surface area contributed by atoms with E-state index in [-0.39, 0.29) is 10.8 Å². The van der Waals surface area contributed by atoms with E-state index in [1.165, 1.54) is 35.1 Å². The Morgan fingerprint density at radius 2 is 1.43 bits per heavy atom. The van der Waals surface area contributed by atoms with Crippen LogP contribution in [0.3, 0.4) is 0 Å². The summed E-state index contributed by atoms with van der Waals surface area (Å²) in [7, 11) is 0. The van der Waals surface area contributed by atoms with E-state index in [2.05, 4.69) is 64.1 Å². The maximum Gasteiger partial charge on any atom is 0.136 e. The third-order valence-corrected chi connectivity index (χ3v) is 6.95. The van der Waals surface area contributed by atoms with Gasteiger partial charge in [-0.2, -0.15) is 0 Å². The molecule has 2 heteroatoms. The van der Waals surface area contributed by atoms with Crippen molar-refractivity contribution in [1.82, 2.24) is 0 Å². The monoisotopic (exact) mass is 388 g/mol. The van der Waals surface area contributed by atoms with Gasteiger partial charge < -0.3 is 4.42 Å². The smallest absolute Gasteiger partial charge is 0.136 e. The Morgan fingerprint density at radius 3 is 2.21 bits per heavy atom. The minimum Gasteiger partial charge on any atom is -0.456 e. The molecule has 0 atom stereocenters. The number of rotatable bonds is 1. The van der Waals surface area contributed by atoms with Crippen LogP contribution in [0.4, 0.5) is 0 Å². The van der Waals surface area contributed by atoms with Gasteiger partial charge in [0.1, 0.15) is 11.2 Å². The number of furan rings is 1. The van der Waals surface area contributed by atoms with E-state index in [1.54, 1.807) is 0 Å². The Hall–Kier alpha value is -2.25. The van der Waals surface area contributed by atoms with Gasteiger partial charge in [0.05, 0.1) is 5.02 Å². The summed E-state index contributed by atoms with van der Waals surface area (Å²) in [4.78, 5) is 0. The molecule has 0 aliphatic heterocycles. The molecule has 3 aromatic carbocycles. The van der Waals surface area contributed by atoms with Crippen molar-refractivity contribution in [3.63, 3.8) is 0 Å². The maximum absolute atomic E-state index is 6.41. The third-order valence-electron chi connectivity index (χ3n) is 6.63. The Morgan fingerprint density at radius 1 is 0.750 bits per heavy atom. The first-order chi connectivity index (χ1) is 13.3. The van der Waals surface area contributed by atoms with E-state index in [0.717, 1.165) is 27.0 Å². The van der Waals surface area contributed by atoms with Crippen LogP contribution in [-0.4, -0.2) is 0 Å². The molecule has 0 spiro atoms. The van der Waals surface area contributed by atoms with Gasteiger partial charge in [-0.15, -0.1) is 0 Å². The number of fused-ring (bicyclic) bond motifs is 4. The van der Waals surface area contributed by atoms with E-state index in [4.69, 9.17) is 16.0 Å². The second-order valence-corrected chi connectivity index (χ2v) is 9.86. The van der Waals surface area contributed by atoms with Crippen molar-refractivity contribution in [2.45, 2.75) is 51.4 Å². The summed E-state index contributed by atoms with van der Waals surface area (Å²) >= 11 is 6.41. The Kier molecular flexibility index (Phi) is 3.74. The largest absolute Gasteiger partial charge is 0.456 e. The normalized spacial score (nSPS) is 17.8. The maximum atomic E-state index is 6.41. The van der Waals surface area contributed by atoms with Crippen LogP contribution >= 0.6 is 11.6 Å². The van der Waals surface area contributed by atoms with Gasteiger partial charge in [-0.25, -0.2) is 0 Å². The zero-order valence-corrected chi connectivity index (χ0v) is 17.7. The molecule has 4 aromatic rings. The molecular formula is C26H25ClO. The molecule has 1 nitrogen and oxygen atoms in total. The minimum absolute atomic E-state index is 0.206. The fourth-order valence-electron chi connectivity index (χ4n) is 4.73. The standard InChI is InChI=1S/C26H25ClO/c1-25(2)12-13-26(3,4)20-14-16(9-11-19(20)25)17-8-10-18-23(15-17)28-22-7-5-6-21(27)24(18)22/h5-11,14-15H,12-13H2,1-4H3. The van der Waals surface area contributed by atoms with Crippen molar-refractivity contribution in [3.8, 4) is 11.1 Å². The lowest BCUT2D eigenvalue weighted by Crippen LogP contribution is -2.33. The molecular weight excluding hydrogens is 364 g/mol. The van der Waals surface area contributed by atoms with Gasteiger partial charge in [0, 0.05) is 10.8 Å². The molecule has 0 amide bonds. The first-order valence-corrected chi connectivity index (χ1v) is 10.4. The number of hydrogen-bond acceptors (Lipinski definition) is 1. The molecule has 0 radical (unpaired) electrons. The lowest BCUT2D eigenvalue weighted by atomic mass is 9.63. The highest BCUT2D eigenvalue weighted by Gasteiger charge is 2.36. The SMILES string of the molecule is CC1(C)CCC(C)(C)c2cc(-c3ccc4c(c3)oc3cccc(Cl)c34)ccc21. The van der Waals surface area contributed by atoms with E-state index in [0.29, 0.717) is 0 Å². The van der Waals surface area contributed by atoms with Crippen LogP contribution < -0.4 is 0 Å². The van der Waals surface area contributed by atoms with Gasteiger partial charge >= 0.3 is 0 Å². The molecule has 0 N–H and O–H groups in total. The third kappa shape index (κ3) is 2.60. The molecule has 0 saturated heterocycles. The molecule has 5 rings (SSSR count). The van der Waals surface area contributed by atoms with Crippen molar-refractivity contribution in [3.05, 3.63) is 70.7 Å².